The Balaban J connectivity index is 1.89. The lowest BCUT2D eigenvalue weighted by Crippen LogP contribution is -2.21. The van der Waals surface area contributed by atoms with E-state index in [2.05, 4.69) is 12.2 Å². The van der Waals surface area contributed by atoms with Gasteiger partial charge in [-0.15, -0.1) is 0 Å². The lowest BCUT2D eigenvalue weighted by atomic mass is 9.91. The molecule has 3 heteroatoms. The summed E-state index contributed by atoms with van der Waals surface area (Å²) in [5.41, 5.74) is -0.427. The van der Waals surface area contributed by atoms with Crippen molar-refractivity contribution in [1.82, 2.24) is 0 Å². The fourth-order valence-corrected chi connectivity index (χ4v) is 2.54. The van der Waals surface area contributed by atoms with Crippen molar-refractivity contribution in [3.05, 3.63) is 12.2 Å². The SMILES string of the molecule is CC(C)(C)OOC(=O)CCCCCCCC1C=CCCC1. The van der Waals surface area contributed by atoms with Crippen molar-refractivity contribution in [3.63, 3.8) is 0 Å². The summed E-state index contributed by atoms with van der Waals surface area (Å²) in [4.78, 5) is 21.2. The van der Waals surface area contributed by atoms with Gasteiger partial charge in [-0.25, -0.2) is 4.79 Å². The van der Waals surface area contributed by atoms with Crippen LogP contribution in [0.25, 0.3) is 0 Å². The molecule has 1 unspecified atom stereocenters. The third kappa shape index (κ3) is 10.5. The molecule has 1 aliphatic rings. The van der Waals surface area contributed by atoms with E-state index < -0.39 is 5.60 Å². The summed E-state index contributed by atoms with van der Waals surface area (Å²) < 4.78 is 0. The number of hydrogen-bond acceptors (Lipinski definition) is 3. The van der Waals surface area contributed by atoms with Gasteiger partial charge in [0.25, 0.3) is 0 Å². The second-order valence-corrected chi connectivity index (χ2v) is 7.08. The summed E-state index contributed by atoms with van der Waals surface area (Å²) >= 11 is 0. The molecule has 0 saturated heterocycles. The Kier molecular flexibility index (Phi) is 8.67. The Bertz CT molecular complexity index is 315. The predicted octanol–water partition coefficient (Wildman–Crippen LogP) is 5.35. The molecule has 0 aromatic heterocycles. The van der Waals surface area contributed by atoms with Crippen LogP contribution in [0.5, 0.6) is 0 Å². The van der Waals surface area contributed by atoms with Gasteiger partial charge in [0.05, 0.1) is 0 Å². The van der Waals surface area contributed by atoms with Crippen molar-refractivity contribution >= 4 is 5.97 Å². The van der Waals surface area contributed by atoms with Gasteiger partial charge in [-0.1, -0.05) is 37.8 Å². The fourth-order valence-electron chi connectivity index (χ4n) is 2.54. The third-order valence-electron chi connectivity index (χ3n) is 3.69. The van der Waals surface area contributed by atoms with Gasteiger partial charge >= 0.3 is 5.97 Å². The van der Waals surface area contributed by atoms with Crippen LogP contribution in [0.2, 0.25) is 0 Å². The molecular formula is C18H32O3. The van der Waals surface area contributed by atoms with Gasteiger partial charge < -0.3 is 0 Å². The number of rotatable bonds is 9. The predicted molar refractivity (Wildman–Crippen MR) is 85.7 cm³/mol. The average molecular weight is 296 g/mol. The molecule has 1 rings (SSSR count). The van der Waals surface area contributed by atoms with Gasteiger partial charge in [-0.2, -0.15) is 4.89 Å². The Morgan fingerprint density at radius 1 is 1.14 bits per heavy atom. The molecule has 0 aliphatic heterocycles. The van der Waals surface area contributed by atoms with Crippen molar-refractivity contribution in [2.75, 3.05) is 0 Å². The first-order chi connectivity index (χ1) is 9.97. The van der Waals surface area contributed by atoms with Crippen molar-refractivity contribution in [1.29, 1.82) is 0 Å². The summed E-state index contributed by atoms with van der Waals surface area (Å²) in [6.07, 6.45) is 16.3. The van der Waals surface area contributed by atoms with Crippen molar-refractivity contribution in [2.45, 2.75) is 90.6 Å². The van der Waals surface area contributed by atoms with E-state index in [4.69, 9.17) is 9.78 Å². The highest BCUT2D eigenvalue weighted by atomic mass is 17.2. The van der Waals surface area contributed by atoms with Gasteiger partial charge in [-0.3, -0.25) is 4.89 Å². The van der Waals surface area contributed by atoms with E-state index in [0.717, 1.165) is 18.8 Å². The van der Waals surface area contributed by atoms with E-state index in [1.165, 1.54) is 44.9 Å². The maximum absolute atomic E-state index is 11.4. The topological polar surface area (TPSA) is 35.5 Å². The molecule has 0 fully saturated rings. The largest absolute Gasteiger partial charge is 0.342 e. The van der Waals surface area contributed by atoms with Crippen LogP contribution in [0.3, 0.4) is 0 Å². The number of carbonyl (C=O) groups excluding carboxylic acids is 1. The first-order valence-electron chi connectivity index (χ1n) is 8.52. The molecule has 0 N–H and O–H groups in total. The summed E-state index contributed by atoms with van der Waals surface area (Å²) in [5.74, 6) is 0.570. The second-order valence-electron chi connectivity index (χ2n) is 7.08. The van der Waals surface area contributed by atoms with E-state index in [1.807, 2.05) is 20.8 Å². The first-order valence-corrected chi connectivity index (χ1v) is 8.52. The van der Waals surface area contributed by atoms with E-state index in [9.17, 15) is 4.79 Å². The Morgan fingerprint density at radius 2 is 1.86 bits per heavy atom. The molecule has 0 radical (unpaired) electrons. The number of allylic oxidation sites excluding steroid dienone is 2. The summed E-state index contributed by atoms with van der Waals surface area (Å²) in [5, 5.41) is 0. The van der Waals surface area contributed by atoms with Crippen molar-refractivity contribution < 1.29 is 14.6 Å². The first kappa shape index (κ1) is 18.2. The average Bonchev–Trinajstić information content (AvgIpc) is 2.44. The number of carbonyl (C=O) groups is 1. The molecule has 0 spiro atoms. The summed E-state index contributed by atoms with van der Waals surface area (Å²) in [6.45, 7) is 5.59. The molecule has 0 aromatic rings. The van der Waals surface area contributed by atoms with Gasteiger partial charge in [-0.05, 0) is 58.8 Å². The highest BCUT2D eigenvalue weighted by Gasteiger charge is 2.14. The number of hydrogen-bond donors (Lipinski definition) is 0. The highest BCUT2D eigenvalue weighted by molar-refractivity contribution is 5.68. The van der Waals surface area contributed by atoms with Crippen LogP contribution in [0.4, 0.5) is 0 Å². The lowest BCUT2D eigenvalue weighted by Gasteiger charge is -2.16. The molecule has 21 heavy (non-hydrogen) atoms. The zero-order chi connectivity index (χ0) is 15.6. The minimum absolute atomic E-state index is 0.253. The van der Waals surface area contributed by atoms with Gasteiger partial charge in [0.15, 0.2) is 0 Å². The molecule has 0 amide bonds. The zero-order valence-corrected chi connectivity index (χ0v) is 14.0. The van der Waals surface area contributed by atoms with E-state index in [0.29, 0.717) is 6.42 Å². The standard InChI is InChI=1S/C18H32O3/c1-18(2,3)21-20-17(19)15-11-6-4-5-8-12-16-13-9-7-10-14-16/h9,13,16H,4-8,10-12,14-15H2,1-3H3. The van der Waals surface area contributed by atoms with E-state index in [-0.39, 0.29) is 5.97 Å². The molecule has 0 aromatic carbocycles. The van der Waals surface area contributed by atoms with Gasteiger partial charge in [0, 0.05) is 6.42 Å². The quantitative estimate of drug-likeness (QED) is 0.249. The molecule has 3 nitrogen and oxygen atoms in total. The zero-order valence-electron chi connectivity index (χ0n) is 14.0. The summed E-state index contributed by atoms with van der Waals surface area (Å²) in [7, 11) is 0. The second kappa shape index (κ2) is 9.99. The lowest BCUT2D eigenvalue weighted by molar-refractivity contribution is -0.320. The Hall–Kier alpha value is -0.830. The molecule has 1 aliphatic carbocycles. The number of unbranched alkanes of at least 4 members (excludes halogenated alkanes) is 4. The minimum atomic E-state index is -0.427. The molecule has 0 heterocycles. The smallest absolute Gasteiger partial charge is 0.298 e. The third-order valence-corrected chi connectivity index (χ3v) is 3.69. The van der Waals surface area contributed by atoms with Crippen LogP contribution in [0.15, 0.2) is 12.2 Å². The fraction of sp³-hybridized carbons (Fsp3) is 0.833. The maximum atomic E-state index is 11.4. The van der Waals surface area contributed by atoms with Crippen LogP contribution in [-0.4, -0.2) is 11.6 Å². The summed E-state index contributed by atoms with van der Waals surface area (Å²) in [6, 6.07) is 0. The van der Waals surface area contributed by atoms with Crippen LogP contribution in [0, 0.1) is 5.92 Å². The van der Waals surface area contributed by atoms with Crippen molar-refractivity contribution in [2.24, 2.45) is 5.92 Å². The molecule has 0 bridgehead atoms. The molecular weight excluding hydrogens is 264 g/mol. The maximum Gasteiger partial charge on any atom is 0.342 e. The Morgan fingerprint density at radius 3 is 2.52 bits per heavy atom. The van der Waals surface area contributed by atoms with Crippen LogP contribution in [-0.2, 0) is 14.6 Å². The Labute approximate surface area is 130 Å². The van der Waals surface area contributed by atoms with Crippen LogP contribution < -0.4 is 0 Å². The molecule has 122 valence electrons. The van der Waals surface area contributed by atoms with Gasteiger partial charge in [0.1, 0.15) is 5.60 Å². The van der Waals surface area contributed by atoms with Crippen LogP contribution in [0.1, 0.15) is 85.0 Å². The van der Waals surface area contributed by atoms with Crippen molar-refractivity contribution in [3.8, 4) is 0 Å². The molecule has 0 saturated carbocycles. The normalized spacial score (nSPS) is 18.7. The highest BCUT2D eigenvalue weighted by Crippen LogP contribution is 2.22. The minimum Gasteiger partial charge on any atom is -0.298 e. The van der Waals surface area contributed by atoms with Gasteiger partial charge in [0.2, 0.25) is 0 Å². The van der Waals surface area contributed by atoms with E-state index in [1.54, 1.807) is 0 Å². The van der Waals surface area contributed by atoms with Crippen LogP contribution >= 0.6 is 0 Å². The monoisotopic (exact) mass is 296 g/mol. The molecule has 1 atom stereocenters. The van der Waals surface area contributed by atoms with E-state index >= 15 is 0 Å².